The number of nitrogens with zero attached hydrogens (tertiary/aromatic N) is 1. The Kier molecular flexibility index (Phi) is 3.93. The van der Waals surface area contributed by atoms with Crippen LogP contribution in [0.1, 0.15) is 11.1 Å². The van der Waals surface area contributed by atoms with Crippen LogP contribution in [0.15, 0.2) is 63.9 Å². The van der Waals surface area contributed by atoms with Crippen molar-refractivity contribution < 1.29 is 24.8 Å². The van der Waals surface area contributed by atoms with Gasteiger partial charge in [0.25, 0.3) is 0 Å². The molecule has 168 valence electrons. The van der Waals surface area contributed by atoms with Crippen molar-refractivity contribution in [2.45, 2.75) is 13.8 Å². The minimum absolute atomic E-state index is 0.104. The van der Waals surface area contributed by atoms with Gasteiger partial charge in [0.1, 0.15) is 22.6 Å². The molecule has 0 saturated heterocycles. The maximum atomic E-state index is 13.2. The van der Waals surface area contributed by atoms with Crippen molar-refractivity contribution in [3.8, 4) is 34.1 Å². The van der Waals surface area contributed by atoms with Crippen LogP contribution in [0.4, 0.5) is 0 Å². The van der Waals surface area contributed by atoms with Crippen LogP contribution >= 0.6 is 0 Å². The second-order valence-corrected chi connectivity index (χ2v) is 8.59. The van der Waals surface area contributed by atoms with Crippen LogP contribution in [0.3, 0.4) is 0 Å². The van der Waals surface area contributed by atoms with E-state index in [1.165, 1.54) is 12.1 Å². The van der Waals surface area contributed by atoms with E-state index in [4.69, 9.17) is 4.42 Å². The van der Waals surface area contributed by atoms with Crippen LogP contribution < -0.4 is 5.63 Å². The lowest BCUT2D eigenvalue weighted by molar-refractivity contribution is 0.403. The number of benzene rings is 3. The minimum atomic E-state index is -0.611. The second-order valence-electron chi connectivity index (χ2n) is 8.59. The molecule has 0 spiro atoms. The van der Waals surface area contributed by atoms with Gasteiger partial charge >= 0.3 is 5.63 Å². The monoisotopic (exact) mass is 453 g/mol. The van der Waals surface area contributed by atoms with Crippen LogP contribution in [0.2, 0.25) is 0 Å². The lowest BCUT2D eigenvalue weighted by Gasteiger charge is -2.09. The van der Waals surface area contributed by atoms with E-state index >= 15 is 0 Å². The molecule has 0 atom stereocenters. The van der Waals surface area contributed by atoms with Crippen molar-refractivity contribution >= 4 is 38.2 Å². The highest BCUT2D eigenvalue weighted by Crippen LogP contribution is 2.44. The van der Waals surface area contributed by atoms with E-state index in [1.54, 1.807) is 48.7 Å². The van der Waals surface area contributed by atoms with Crippen LogP contribution in [0.5, 0.6) is 23.0 Å². The highest BCUT2D eigenvalue weighted by molar-refractivity contribution is 6.21. The molecule has 4 N–H and O–H groups in total. The van der Waals surface area contributed by atoms with E-state index in [1.807, 2.05) is 12.1 Å². The summed E-state index contributed by atoms with van der Waals surface area (Å²) in [5, 5.41) is 43.5. The Morgan fingerprint density at radius 3 is 2.24 bits per heavy atom. The number of fused-ring (bicyclic) bond motifs is 7. The largest absolute Gasteiger partial charge is 0.508 e. The molecular formula is C27H19NO6. The van der Waals surface area contributed by atoms with E-state index in [0.717, 1.165) is 10.8 Å². The van der Waals surface area contributed by atoms with Crippen LogP contribution in [-0.2, 0) is 0 Å². The molecule has 3 heterocycles. The van der Waals surface area contributed by atoms with Gasteiger partial charge in [0.05, 0.1) is 5.52 Å². The Labute approximate surface area is 192 Å². The highest BCUT2D eigenvalue weighted by atomic mass is 16.4. The molecule has 7 nitrogen and oxygen atoms in total. The van der Waals surface area contributed by atoms with E-state index in [-0.39, 0.29) is 28.3 Å². The van der Waals surface area contributed by atoms with Gasteiger partial charge in [-0.2, -0.15) is 0 Å². The summed E-state index contributed by atoms with van der Waals surface area (Å²) in [4.78, 5) is 13.2. The summed E-state index contributed by atoms with van der Waals surface area (Å²) in [5.41, 5.74) is 3.15. The molecule has 0 aliphatic carbocycles. The van der Waals surface area contributed by atoms with E-state index in [0.29, 0.717) is 38.5 Å². The van der Waals surface area contributed by atoms with Crippen molar-refractivity contribution in [2.24, 2.45) is 0 Å². The first-order valence-corrected chi connectivity index (χ1v) is 10.6. The molecule has 6 aromatic rings. The smallest absolute Gasteiger partial charge is 0.361 e. The van der Waals surface area contributed by atoms with Gasteiger partial charge in [-0.15, -0.1) is 0 Å². The number of phenols is 4. The zero-order valence-electron chi connectivity index (χ0n) is 18.2. The standard InChI is InChI=1S/C27H19NO6/c1-12-3-4-15(9-18(12)29)23-24-17-10-20(31)21(32)11-22(17)34-27(33)26(24)28-6-5-14-8-19(30)13(2)7-16(14)25(23)28/h3-11,29-32H,1-2H3. The van der Waals surface area contributed by atoms with Gasteiger partial charge in [0, 0.05) is 34.0 Å². The number of phenolic OH excluding ortho intramolecular Hbond substituents is 4. The third kappa shape index (κ3) is 2.61. The van der Waals surface area contributed by atoms with Gasteiger partial charge < -0.3 is 29.2 Å². The van der Waals surface area contributed by atoms with Crippen molar-refractivity contribution in [3.05, 3.63) is 76.3 Å². The maximum Gasteiger partial charge on any atom is 0.361 e. The Morgan fingerprint density at radius 1 is 0.735 bits per heavy atom. The second kappa shape index (κ2) is 6.68. The molecule has 0 unspecified atom stereocenters. The molecule has 3 aromatic heterocycles. The Hall–Kier alpha value is -4.65. The van der Waals surface area contributed by atoms with Gasteiger partial charge in [-0.05, 0) is 66.3 Å². The summed E-state index contributed by atoms with van der Waals surface area (Å²) in [5.74, 6) is -0.481. The maximum absolute atomic E-state index is 13.2. The summed E-state index contributed by atoms with van der Waals surface area (Å²) in [7, 11) is 0. The van der Waals surface area contributed by atoms with Crippen LogP contribution in [0, 0.1) is 13.8 Å². The Balaban J connectivity index is 1.97. The average molecular weight is 453 g/mol. The molecule has 0 bridgehead atoms. The van der Waals surface area contributed by atoms with Crippen LogP contribution in [0.25, 0.3) is 49.3 Å². The lowest BCUT2D eigenvalue weighted by Crippen LogP contribution is -2.02. The van der Waals surface area contributed by atoms with E-state index in [9.17, 15) is 25.2 Å². The first kappa shape index (κ1) is 20.0. The predicted octanol–water partition coefficient (Wildman–Crippen LogP) is 5.46. The van der Waals surface area contributed by atoms with Gasteiger partial charge in [-0.25, -0.2) is 4.79 Å². The first-order chi connectivity index (χ1) is 16.2. The molecule has 3 aromatic carbocycles. The molecule has 0 aliphatic rings. The van der Waals surface area contributed by atoms with Crippen molar-refractivity contribution in [3.63, 3.8) is 0 Å². The third-order valence-electron chi connectivity index (χ3n) is 6.47. The first-order valence-electron chi connectivity index (χ1n) is 10.6. The zero-order valence-corrected chi connectivity index (χ0v) is 18.2. The number of aromatic nitrogens is 1. The number of pyridine rings is 1. The Morgan fingerprint density at radius 2 is 1.47 bits per heavy atom. The molecule has 0 fully saturated rings. The van der Waals surface area contributed by atoms with Gasteiger partial charge in [-0.3, -0.25) is 0 Å². The molecule has 6 rings (SSSR count). The highest BCUT2D eigenvalue weighted by Gasteiger charge is 2.23. The van der Waals surface area contributed by atoms with E-state index < -0.39 is 11.4 Å². The summed E-state index contributed by atoms with van der Waals surface area (Å²) in [6.07, 6.45) is 1.73. The fraction of sp³-hybridized carbons (Fsp3) is 0.0741. The van der Waals surface area contributed by atoms with E-state index in [2.05, 4.69) is 0 Å². The molecule has 0 radical (unpaired) electrons. The molecule has 7 heteroatoms. The topological polar surface area (TPSA) is 116 Å². The zero-order chi connectivity index (χ0) is 23.9. The van der Waals surface area contributed by atoms with Crippen molar-refractivity contribution in [1.29, 1.82) is 0 Å². The van der Waals surface area contributed by atoms with Crippen molar-refractivity contribution in [2.75, 3.05) is 0 Å². The number of hydrogen-bond acceptors (Lipinski definition) is 6. The van der Waals surface area contributed by atoms with Crippen molar-refractivity contribution in [1.82, 2.24) is 4.40 Å². The van der Waals surface area contributed by atoms with Crippen LogP contribution in [-0.4, -0.2) is 24.8 Å². The number of aromatic hydroxyl groups is 4. The van der Waals surface area contributed by atoms with Gasteiger partial charge in [0.15, 0.2) is 11.5 Å². The fourth-order valence-electron chi connectivity index (χ4n) is 4.71. The van der Waals surface area contributed by atoms with Gasteiger partial charge in [0.2, 0.25) is 0 Å². The predicted molar refractivity (Wildman–Crippen MR) is 130 cm³/mol. The molecule has 34 heavy (non-hydrogen) atoms. The summed E-state index contributed by atoms with van der Waals surface area (Å²) >= 11 is 0. The lowest BCUT2D eigenvalue weighted by atomic mass is 9.97. The number of rotatable bonds is 1. The third-order valence-corrected chi connectivity index (χ3v) is 6.47. The SMILES string of the molecule is Cc1ccc(-c2c3c4cc(O)c(O)cc4oc(=O)c3n3ccc4cc(O)c(C)cc4c23)cc1O. The average Bonchev–Trinajstić information content (AvgIpc) is 3.14. The summed E-state index contributed by atoms with van der Waals surface area (Å²) in [6, 6.07) is 13.2. The number of aryl methyl sites for hydroxylation is 2. The molecule has 0 aliphatic heterocycles. The molecule has 0 saturated carbocycles. The normalized spacial score (nSPS) is 11.8. The molecule has 0 amide bonds. The quantitative estimate of drug-likeness (QED) is 0.194. The number of hydrogen-bond donors (Lipinski definition) is 4. The van der Waals surface area contributed by atoms with Gasteiger partial charge in [-0.1, -0.05) is 12.1 Å². The fourth-order valence-corrected chi connectivity index (χ4v) is 4.71. The molecular weight excluding hydrogens is 434 g/mol. The summed E-state index contributed by atoms with van der Waals surface area (Å²) < 4.78 is 7.26. The summed E-state index contributed by atoms with van der Waals surface area (Å²) in [6.45, 7) is 3.59. The minimum Gasteiger partial charge on any atom is -0.508 e. The Bertz CT molecular complexity index is 1890.